The molecule has 0 saturated heterocycles. The summed E-state index contributed by atoms with van der Waals surface area (Å²) in [6.07, 6.45) is 0. The molecule has 184 valence electrons. The molecule has 0 bridgehead atoms. The summed E-state index contributed by atoms with van der Waals surface area (Å²) in [5, 5.41) is 7.48. The van der Waals surface area contributed by atoms with Gasteiger partial charge in [-0.1, -0.05) is 152 Å². The molecule has 0 aliphatic rings. The zero-order valence-electron chi connectivity index (χ0n) is 21.2. The van der Waals surface area contributed by atoms with Gasteiger partial charge < -0.3 is 5.32 Å². The first-order chi connectivity index (χ1) is 18.3. The van der Waals surface area contributed by atoms with Crippen LogP contribution in [-0.2, 0) is 0 Å². The Kier molecular flexibility index (Phi) is 8.11. The molecule has 0 radical (unpaired) electrons. The Hall–Kier alpha value is -3.71. The number of hydrogen-bond acceptors (Lipinski definition) is 2. The van der Waals surface area contributed by atoms with E-state index >= 15 is 0 Å². The Balaban J connectivity index is 1.70. The second kappa shape index (κ2) is 12.0. The summed E-state index contributed by atoms with van der Waals surface area (Å²) in [5.74, 6) is 0.181. The van der Waals surface area contributed by atoms with Crippen molar-refractivity contribution in [3.63, 3.8) is 0 Å². The van der Waals surface area contributed by atoms with Crippen LogP contribution in [0.3, 0.4) is 0 Å². The molecule has 3 heteroatoms. The number of rotatable bonds is 9. The molecule has 37 heavy (non-hydrogen) atoms. The summed E-state index contributed by atoms with van der Waals surface area (Å²) < 4.78 is 5.76. The molecular formula is C34H33N2P. The van der Waals surface area contributed by atoms with E-state index in [1.165, 1.54) is 27.0 Å². The van der Waals surface area contributed by atoms with Crippen molar-refractivity contribution >= 4 is 23.0 Å². The average Bonchev–Trinajstić information content (AvgIpc) is 2.99. The highest BCUT2D eigenvalue weighted by Gasteiger charge is 2.29. The maximum atomic E-state index is 5.76. The van der Waals surface area contributed by atoms with E-state index in [1.807, 2.05) is 0 Å². The predicted molar refractivity (Wildman–Crippen MR) is 160 cm³/mol. The Morgan fingerprint density at radius 3 is 1.16 bits per heavy atom. The van der Waals surface area contributed by atoms with Gasteiger partial charge in [-0.2, -0.15) is 0 Å². The van der Waals surface area contributed by atoms with Crippen LogP contribution in [0.1, 0.15) is 17.0 Å². The second-order valence-electron chi connectivity index (χ2n) is 9.16. The van der Waals surface area contributed by atoms with Gasteiger partial charge in [0.1, 0.15) is 0 Å². The Morgan fingerprint density at radius 1 is 0.514 bits per heavy atom. The van der Waals surface area contributed by atoms with E-state index in [-0.39, 0.29) is 12.0 Å². The lowest BCUT2D eigenvalue weighted by molar-refractivity contribution is 0.517. The smallest absolute Gasteiger partial charge is 0.0548 e. The van der Waals surface area contributed by atoms with Crippen molar-refractivity contribution < 1.29 is 0 Å². The molecule has 2 nitrogen and oxygen atoms in total. The van der Waals surface area contributed by atoms with Gasteiger partial charge in [-0.15, -0.1) is 0 Å². The van der Waals surface area contributed by atoms with Gasteiger partial charge in [-0.25, -0.2) is 0 Å². The van der Waals surface area contributed by atoms with Crippen LogP contribution in [0.15, 0.2) is 156 Å². The number of likely N-dealkylation sites (N-methyl/N-ethyl adjacent to an activating group) is 1. The summed E-state index contributed by atoms with van der Waals surface area (Å²) in [6, 6.07) is 54.3. The largest absolute Gasteiger partial charge is 0.314 e. The van der Waals surface area contributed by atoms with E-state index in [9.17, 15) is 0 Å². The molecule has 0 aliphatic carbocycles. The molecule has 0 aromatic heterocycles. The molecule has 1 atom stereocenters. The first-order valence-electron chi connectivity index (χ1n) is 12.8. The first-order valence-corrected chi connectivity index (χ1v) is 14.6. The standard InChI is InChI=1S/C34H33N2P/c1-35-33(34(28-17-7-2-8-18-28)29-19-9-3-10-20-29)27-36-37(30-21-11-4-12-22-30,31-23-13-5-14-24-31)32-25-15-6-16-26-32/h2-26,33-35H,27H2,1H3/t33-/m0/s1. The summed E-state index contributed by atoms with van der Waals surface area (Å²) >= 11 is 0. The monoisotopic (exact) mass is 500 g/mol. The van der Waals surface area contributed by atoms with Crippen molar-refractivity contribution in [2.75, 3.05) is 13.6 Å². The lowest BCUT2D eigenvalue weighted by atomic mass is 9.85. The minimum atomic E-state index is -2.26. The SMILES string of the molecule is CN[C@@H](CN=P(c1ccccc1)(c1ccccc1)c1ccccc1)C(c1ccccc1)c1ccccc1. The van der Waals surface area contributed by atoms with E-state index in [2.05, 4.69) is 164 Å². The Bertz CT molecular complexity index is 1280. The van der Waals surface area contributed by atoms with Crippen LogP contribution < -0.4 is 21.2 Å². The zero-order valence-corrected chi connectivity index (χ0v) is 22.1. The maximum Gasteiger partial charge on any atom is 0.0548 e. The number of nitrogens with one attached hydrogen (secondary N) is 1. The van der Waals surface area contributed by atoms with Crippen LogP contribution in [0, 0.1) is 0 Å². The van der Waals surface area contributed by atoms with Gasteiger partial charge in [-0.05, 0) is 18.2 Å². The van der Waals surface area contributed by atoms with Crippen LogP contribution in [0.2, 0.25) is 0 Å². The molecule has 0 spiro atoms. The van der Waals surface area contributed by atoms with Gasteiger partial charge in [0.15, 0.2) is 0 Å². The van der Waals surface area contributed by atoms with Gasteiger partial charge in [0.25, 0.3) is 0 Å². The van der Waals surface area contributed by atoms with Gasteiger partial charge >= 0.3 is 0 Å². The molecule has 5 aromatic rings. The normalized spacial score (nSPS) is 12.3. The van der Waals surface area contributed by atoms with Crippen LogP contribution in [-0.4, -0.2) is 19.6 Å². The van der Waals surface area contributed by atoms with Gasteiger partial charge in [0.05, 0.1) is 13.6 Å². The fourth-order valence-electron chi connectivity index (χ4n) is 5.17. The van der Waals surface area contributed by atoms with Crippen molar-refractivity contribution in [3.05, 3.63) is 163 Å². The highest BCUT2D eigenvalue weighted by Crippen LogP contribution is 2.46. The molecule has 0 unspecified atom stereocenters. The summed E-state index contributed by atoms with van der Waals surface area (Å²) in [6.45, 7) is 0.678. The average molecular weight is 501 g/mol. The number of benzene rings is 5. The summed E-state index contributed by atoms with van der Waals surface area (Å²) in [4.78, 5) is 0. The third-order valence-electron chi connectivity index (χ3n) is 6.97. The zero-order chi connectivity index (χ0) is 25.3. The molecule has 0 heterocycles. The van der Waals surface area contributed by atoms with Crippen LogP contribution in [0.25, 0.3) is 0 Å². The topological polar surface area (TPSA) is 24.4 Å². The minimum Gasteiger partial charge on any atom is -0.314 e. The Morgan fingerprint density at radius 2 is 0.838 bits per heavy atom. The molecule has 1 N–H and O–H groups in total. The molecule has 5 aromatic carbocycles. The number of nitrogens with zero attached hydrogens (tertiary/aromatic N) is 1. The third-order valence-corrected chi connectivity index (χ3v) is 10.7. The summed E-state index contributed by atoms with van der Waals surface area (Å²) in [7, 11) is -0.196. The van der Waals surface area contributed by atoms with Crippen molar-refractivity contribution in [1.82, 2.24) is 5.32 Å². The first kappa shape index (κ1) is 25.0. The van der Waals surface area contributed by atoms with Gasteiger partial charge in [0, 0.05) is 27.9 Å². The van der Waals surface area contributed by atoms with Crippen molar-refractivity contribution in [2.24, 2.45) is 4.74 Å². The van der Waals surface area contributed by atoms with E-state index < -0.39 is 7.05 Å². The van der Waals surface area contributed by atoms with E-state index in [4.69, 9.17) is 4.74 Å². The van der Waals surface area contributed by atoms with Crippen LogP contribution in [0.5, 0.6) is 0 Å². The highest BCUT2D eigenvalue weighted by molar-refractivity contribution is 7.87. The molecule has 0 amide bonds. The lowest BCUT2D eigenvalue weighted by Crippen LogP contribution is -2.36. The van der Waals surface area contributed by atoms with Crippen LogP contribution >= 0.6 is 7.05 Å². The molecule has 0 fully saturated rings. The predicted octanol–water partition coefficient (Wildman–Crippen LogP) is 6.58. The highest BCUT2D eigenvalue weighted by atomic mass is 31.2. The van der Waals surface area contributed by atoms with Crippen LogP contribution in [0.4, 0.5) is 0 Å². The third kappa shape index (κ3) is 5.37. The number of hydrogen-bond donors (Lipinski definition) is 1. The molecule has 5 rings (SSSR count). The van der Waals surface area contributed by atoms with E-state index in [0.29, 0.717) is 6.54 Å². The second-order valence-corrected chi connectivity index (χ2v) is 12.3. The van der Waals surface area contributed by atoms with Gasteiger partial charge in [-0.3, -0.25) is 4.74 Å². The van der Waals surface area contributed by atoms with Crippen molar-refractivity contribution in [3.8, 4) is 0 Å². The Labute approximate surface area is 221 Å². The van der Waals surface area contributed by atoms with Crippen molar-refractivity contribution in [2.45, 2.75) is 12.0 Å². The van der Waals surface area contributed by atoms with E-state index in [0.717, 1.165) is 0 Å². The summed E-state index contributed by atoms with van der Waals surface area (Å²) in [5.41, 5.74) is 2.60. The fraction of sp³-hybridized carbons (Fsp3) is 0.118. The molecule has 0 saturated carbocycles. The quantitative estimate of drug-likeness (QED) is 0.227. The minimum absolute atomic E-state index is 0.125. The fourth-order valence-corrected chi connectivity index (χ4v) is 8.79. The molecular weight excluding hydrogens is 467 g/mol. The van der Waals surface area contributed by atoms with Gasteiger partial charge in [0.2, 0.25) is 0 Å². The lowest BCUT2D eigenvalue weighted by Gasteiger charge is -2.31. The van der Waals surface area contributed by atoms with Crippen molar-refractivity contribution in [1.29, 1.82) is 0 Å². The molecule has 0 aliphatic heterocycles. The maximum absolute atomic E-state index is 5.76. The van der Waals surface area contributed by atoms with E-state index in [1.54, 1.807) is 0 Å².